The minimum atomic E-state index is -0.511. The summed E-state index contributed by atoms with van der Waals surface area (Å²) in [6, 6.07) is 7.35. The standard InChI is InChI=1S/C25H28BrN7O3/c1-15-19(14-29-25-22(15)27-7-12-36-25)31-18-5-6-28-23(34)21(18)24(35)30-16-3-4-20(17(26)13-16)33-10-8-32(2)9-11-33/h3-6,13-14,27H,7-12H2,1-2H3,(H,30,35)(H2,28,31,34). The molecule has 0 radical (unpaired) electrons. The molecule has 0 aliphatic carbocycles. The molecule has 2 aliphatic heterocycles. The first-order chi connectivity index (χ1) is 17.4. The zero-order valence-corrected chi connectivity index (χ0v) is 21.7. The Labute approximate surface area is 217 Å². The number of halogens is 1. The molecular weight excluding hydrogens is 526 g/mol. The second-order valence-electron chi connectivity index (χ2n) is 8.88. The summed E-state index contributed by atoms with van der Waals surface area (Å²) in [7, 11) is 2.12. The van der Waals surface area contributed by atoms with Crippen molar-refractivity contribution in [3.05, 3.63) is 62.6 Å². The highest BCUT2D eigenvalue weighted by Gasteiger charge is 2.21. The van der Waals surface area contributed by atoms with Crippen LogP contribution in [0, 0.1) is 6.92 Å². The fourth-order valence-electron chi connectivity index (χ4n) is 4.38. The van der Waals surface area contributed by atoms with E-state index in [-0.39, 0.29) is 5.56 Å². The normalized spacial score (nSPS) is 15.5. The maximum absolute atomic E-state index is 13.2. The number of aromatic nitrogens is 2. The van der Waals surface area contributed by atoms with Crippen LogP contribution in [0.4, 0.5) is 28.4 Å². The largest absolute Gasteiger partial charge is 0.474 e. The Morgan fingerprint density at radius 2 is 1.97 bits per heavy atom. The highest BCUT2D eigenvalue weighted by atomic mass is 79.9. The van der Waals surface area contributed by atoms with Gasteiger partial charge in [0, 0.05) is 54.6 Å². The summed E-state index contributed by atoms with van der Waals surface area (Å²) in [5, 5.41) is 9.36. The molecule has 1 fully saturated rings. The number of fused-ring (bicyclic) bond motifs is 1. The van der Waals surface area contributed by atoms with Crippen molar-refractivity contribution in [3.63, 3.8) is 0 Å². The number of carbonyl (C=O) groups is 1. The van der Waals surface area contributed by atoms with Gasteiger partial charge in [-0.25, -0.2) is 4.98 Å². The van der Waals surface area contributed by atoms with E-state index in [9.17, 15) is 9.59 Å². The number of hydrogen-bond donors (Lipinski definition) is 4. The average molecular weight is 554 g/mol. The maximum Gasteiger partial charge on any atom is 0.263 e. The zero-order chi connectivity index (χ0) is 25.2. The van der Waals surface area contributed by atoms with Gasteiger partial charge in [0.2, 0.25) is 5.88 Å². The van der Waals surface area contributed by atoms with Crippen molar-refractivity contribution in [2.24, 2.45) is 0 Å². The topological polar surface area (TPSA) is 115 Å². The minimum absolute atomic E-state index is 0.0157. The number of ether oxygens (including phenoxy) is 1. The van der Waals surface area contributed by atoms with Crippen LogP contribution in [0.1, 0.15) is 15.9 Å². The first kappa shape index (κ1) is 24.1. The number of benzene rings is 1. The van der Waals surface area contributed by atoms with Gasteiger partial charge in [-0.15, -0.1) is 0 Å². The van der Waals surface area contributed by atoms with Crippen LogP contribution in [-0.4, -0.2) is 67.2 Å². The summed E-state index contributed by atoms with van der Waals surface area (Å²) in [5.74, 6) is 0.0300. The molecule has 1 saturated heterocycles. The first-order valence-corrected chi connectivity index (χ1v) is 12.6. The SMILES string of the molecule is Cc1c(Nc2cc[nH]c(=O)c2C(=O)Nc2ccc(N3CCN(C)CC3)c(Br)c2)cnc2c1NCCO2. The van der Waals surface area contributed by atoms with Crippen LogP contribution in [0.15, 0.2) is 45.9 Å². The molecule has 4 heterocycles. The molecule has 11 heteroatoms. The van der Waals surface area contributed by atoms with Crippen molar-refractivity contribution in [3.8, 4) is 5.88 Å². The molecular formula is C25H28BrN7O3. The number of anilines is 5. The monoisotopic (exact) mass is 553 g/mol. The van der Waals surface area contributed by atoms with Crippen LogP contribution >= 0.6 is 15.9 Å². The smallest absolute Gasteiger partial charge is 0.263 e. The van der Waals surface area contributed by atoms with Crippen LogP contribution in [0.2, 0.25) is 0 Å². The molecule has 5 rings (SSSR count). The Bertz CT molecular complexity index is 1350. The van der Waals surface area contributed by atoms with Crippen molar-refractivity contribution in [2.75, 3.05) is 67.2 Å². The van der Waals surface area contributed by atoms with Crippen LogP contribution in [0.5, 0.6) is 5.88 Å². The summed E-state index contributed by atoms with van der Waals surface area (Å²) in [5.41, 5.74) is 3.90. The second-order valence-corrected chi connectivity index (χ2v) is 9.74. The van der Waals surface area contributed by atoms with Crippen LogP contribution in [0.25, 0.3) is 0 Å². The molecule has 0 saturated carbocycles. The molecule has 0 unspecified atom stereocenters. The number of nitrogens with one attached hydrogen (secondary N) is 4. The van der Waals surface area contributed by atoms with Crippen molar-refractivity contribution in [1.82, 2.24) is 14.9 Å². The Hall–Kier alpha value is -3.57. The molecule has 36 heavy (non-hydrogen) atoms. The molecule has 10 nitrogen and oxygen atoms in total. The molecule has 188 valence electrons. The van der Waals surface area contributed by atoms with Gasteiger partial charge in [0.05, 0.1) is 23.3 Å². The van der Waals surface area contributed by atoms with Gasteiger partial charge < -0.3 is 35.5 Å². The molecule has 2 aromatic heterocycles. The van der Waals surface area contributed by atoms with Gasteiger partial charge in [-0.2, -0.15) is 0 Å². The van der Waals surface area contributed by atoms with Crippen molar-refractivity contribution in [1.29, 1.82) is 0 Å². The summed E-state index contributed by atoms with van der Waals surface area (Å²) in [6.07, 6.45) is 3.14. The summed E-state index contributed by atoms with van der Waals surface area (Å²) in [4.78, 5) is 37.5. The number of rotatable bonds is 5. The molecule has 4 N–H and O–H groups in total. The molecule has 1 aromatic carbocycles. The van der Waals surface area contributed by atoms with Gasteiger partial charge in [0.1, 0.15) is 17.9 Å². The Kier molecular flexibility index (Phi) is 6.84. The van der Waals surface area contributed by atoms with Crippen molar-refractivity contribution >= 4 is 50.3 Å². The fourth-order valence-corrected chi connectivity index (χ4v) is 5.01. The predicted molar refractivity (Wildman–Crippen MR) is 145 cm³/mol. The third-order valence-electron chi connectivity index (χ3n) is 6.45. The van der Waals surface area contributed by atoms with Gasteiger partial charge in [-0.05, 0) is 54.2 Å². The lowest BCUT2D eigenvalue weighted by Gasteiger charge is -2.34. The van der Waals surface area contributed by atoms with Crippen molar-refractivity contribution < 1.29 is 9.53 Å². The molecule has 3 aromatic rings. The van der Waals surface area contributed by atoms with E-state index in [1.165, 1.54) is 6.20 Å². The average Bonchev–Trinajstić information content (AvgIpc) is 2.87. The molecule has 2 aliphatic rings. The number of pyridine rings is 2. The fraction of sp³-hybridized carbons (Fsp3) is 0.320. The number of likely N-dealkylation sites (N-methyl/N-ethyl adjacent to an activating group) is 1. The van der Waals surface area contributed by atoms with E-state index in [0.717, 1.165) is 47.6 Å². The quantitative estimate of drug-likeness (QED) is 0.380. The van der Waals surface area contributed by atoms with E-state index in [0.29, 0.717) is 36.1 Å². The number of aromatic amines is 1. The maximum atomic E-state index is 13.2. The number of amides is 1. The lowest BCUT2D eigenvalue weighted by Crippen LogP contribution is -2.44. The third kappa shape index (κ3) is 4.89. The molecule has 0 atom stereocenters. The molecule has 1 amide bonds. The highest BCUT2D eigenvalue weighted by Crippen LogP contribution is 2.34. The van der Waals surface area contributed by atoms with Gasteiger partial charge >= 0.3 is 0 Å². The highest BCUT2D eigenvalue weighted by molar-refractivity contribution is 9.10. The van der Waals surface area contributed by atoms with Crippen LogP contribution in [-0.2, 0) is 0 Å². The summed E-state index contributed by atoms with van der Waals surface area (Å²) < 4.78 is 6.47. The van der Waals surface area contributed by atoms with Gasteiger partial charge in [0.15, 0.2) is 0 Å². The lowest BCUT2D eigenvalue weighted by molar-refractivity contribution is 0.102. The number of hydrogen-bond acceptors (Lipinski definition) is 8. The minimum Gasteiger partial charge on any atom is -0.474 e. The van der Waals surface area contributed by atoms with E-state index in [4.69, 9.17) is 4.74 Å². The summed E-state index contributed by atoms with van der Waals surface area (Å²) >= 11 is 3.65. The number of H-pyrrole nitrogens is 1. The predicted octanol–water partition coefficient (Wildman–Crippen LogP) is 3.39. The van der Waals surface area contributed by atoms with Crippen LogP contribution < -0.4 is 31.1 Å². The zero-order valence-electron chi connectivity index (χ0n) is 20.2. The number of carbonyl (C=O) groups excluding carboxylic acids is 1. The lowest BCUT2D eigenvalue weighted by atomic mass is 10.1. The summed E-state index contributed by atoms with van der Waals surface area (Å²) in [6.45, 7) is 7.04. The molecule has 0 bridgehead atoms. The van der Waals surface area contributed by atoms with E-state index in [2.05, 4.69) is 58.7 Å². The number of nitrogens with zero attached hydrogens (tertiary/aromatic N) is 3. The van der Waals surface area contributed by atoms with E-state index in [1.54, 1.807) is 12.3 Å². The van der Waals surface area contributed by atoms with Crippen molar-refractivity contribution in [2.45, 2.75) is 6.92 Å². The first-order valence-electron chi connectivity index (χ1n) is 11.8. The third-order valence-corrected chi connectivity index (χ3v) is 7.09. The van der Waals surface area contributed by atoms with E-state index in [1.807, 2.05) is 25.1 Å². The van der Waals surface area contributed by atoms with E-state index >= 15 is 0 Å². The van der Waals surface area contributed by atoms with Crippen LogP contribution in [0.3, 0.4) is 0 Å². The van der Waals surface area contributed by atoms with Gasteiger partial charge in [-0.1, -0.05) is 0 Å². The van der Waals surface area contributed by atoms with Gasteiger partial charge in [-0.3, -0.25) is 9.59 Å². The Morgan fingerprint density at radius 3 is 2.75 bits per heavy atom. The Morgan fingerprint density at radius 1 is 1.17 bits per heavy atom. The van der Waals surface area contributed by atoms with E-state index < -0.39 is 11.5 Å². The Balaban J connectivity index is 1.37. The molecule has 0 spiro atoms. The van der Waals surface area contributed by atoms with Gasteiger partial charge in [0.25, 0.3) is 11.5 Å². The number of piperazine rings is 1. The second kappa shape index (κ2) is 10.2.